The molecular formula is C11H18N2O2S. The summed E-state index contributed by atoms with van der Waals surface area (Å²) in [5.41, 5.74) is 0.935. The summed E-state index contributed by atoms with van der Waals surface area (Å²) < 4.78 is 25.2. The Morgan fingerprint density at radius 1 is 1.25 bits per heavy atom. The van der Waals surface area contributed by atoms with E-state index in [1.807, 2.05) is 0 Å². The highest BCUT2D eigenvalue weighted by molar-refractivity contribution is 7.89. The van der Waals surface area contributed by atoms with E-state index in [9.17, 15) is 8.42 Å². The topological polar surface area (TPSA) is 58.2 Å². The zero-order valence-corrected chi connectivity index (χ0v) is 10.6. The molecule has 16 heavy (non-hydrogen) atoms. The average molecular weight is 242 g/mol. The second kappa shape index (κ2) is 5.32. The number of anilines is 1. The van der Waals surface area contributed by atoms with Crippen LogP contribution in [0.2, 0.25) is 0 Å². The maximum absolute atomic E-state index is 11.5. The molecule has 1 unspecified atom stereocenters. The molecule has 0 heterocycles. The maximum atomic E-state index is 11.5. The number of rotatable bonds is 5. The van der Waals surface area contributed by atoms with E-state index < -0.39 is 10.0 Å². The minimum Gasteiger partial charge on any atom is -0.383 e. The van der Waals surface area contributed by atoms with Gasteiger partial charge in [-0.1, -0.05) is 6.92 Å². The quantitative estimate of drug-likeness (QED) is 0.828. The van der Waals surface area contributed by atoms with Gasteiger partial charge in [-0.2, -0.15) is 0 Å². The third-order valence-corrected chi connectivity index (χ3v) is 3.89. The van der Waals surface area contributed by atoms with Crippen LogP contribution in [0.3, 0.4) is 0 Å². The van der Waals surface area contributed by atoms with Crippen molar-refractivity contribution in [2.45, 2.75) is 31.2 Å². The van der Waals surface area contributed by atoms with Crippen LogP contribution in [0.4, 0.5) is 5.69 Å². The maximum Gasteiger partial charge on any atom is 0.240 e. The highest BCUT2D eigenvalue weighted by atomic mass is 32.2. The van der Waals surface area contributed by atoms with Crippen molar-refractivity contribution in [1.29, 1.82) is 0 Å². The Morgan fingerprint density at radius 2 is 1.81 bits per heavy atom. The van der Waals surface area contributed by atoms with E-state index >= 15 is 0 Å². The van der Waals surface area contributed by atoms with E-state index in [1.165, 1.54) is 7.05 Å². The molecule has 5 heteroatoms. The van der Waals surface area contributed by atoms with Crippen molar-refractivity contribution in [3.05, 3.63) is 24.3 Å². The summed E-state index contributed by atoms with van der Waals surface area (Å²) >= 11 is 0. The summed E-state index contributed by atoms with van der Waals surface area (Å²) in [7, 11) is -1.92. The van der Waals surface area contributed by atoms with E-state index in [4.69, 9.17) is 0 Å². The zero-order valence-electron chi connectivity index (χ0n) is 9.82. The van der Waals surface area contributed by atoms with Crippen LogP contribution in [0.1, 0.15) is 20.3 Å². The van der Waals surface area contributed by atoms with E-state index in [1.54, 1.807) is 24.3 Å². The van der Waals surface area contributed by atoms with Crippen LogP contribution >= 0.6 is 0 Å². The molecule has 1 rings (SSSR count). The summed E-state index contributed by atoms with van der Waals surface area (Å²) in [5, 5.41) is 3.27. The summed E-state index contributed by atoms with van der Waals surface area (Å²) in [4.78, 5) is 0.282. The molecule has 0 aromatic heterocycles. The van der Waals surface area contributed by atoms with Gasteiger partial charge in [0.25, 0.3) is 0 Å². The first-order chi connectivity index (χ1) is 7.49. The summed E-state index contributed by atoms with van der Waals surface area (Å²) in [6.45, 7) is 4.18. The van der Waals surface area contributed by atoms with Crippen LogP contribution in [-0.2, 0) is 10.0 Å². The fourth-order valence-corrected chi connectivity index (χ4v) is 1.96. The number of benzene rings is 1. The highest BCUT2D eigenvalue weighted by Crippen LogP contribution is 2.14. The van der Waals surface area contributed by atoms with Crippen molar-refractivity contribution in [1.82, 2.24) is 4.72 Å². The van der Waals surface area contributed by atoms with E-state index in [0.29, 0.717) is 6.04 Å². The minimum atomic E-state index is -3.33. The second-order valence-corrected chi connectivity index (χ2v) is 5.57. The monoisotopic (exact) mass is 242 g/mol. The largest absolute Gasteiger partial charge is 0.383 e. The standard InChI is InChI=1S/C11H18N2O2S/c1-4-9(2)13-10-5-7-11(8-6-10)16(14,15)12-3/h5-9,12-13H,4H2,1-3H3. The molecule has 0 saturated heterocycles. The summed E-state index contributed by atoms with van der Waals surface area (Å²) in [5.74, 6) is 0. The Balaban J connectivity index is 2.84. The first-order valence-corrected chi connectivity index (χ1v) is 6.78. The van der Waals surface area contributed by atoms with Gasteiger partial charge in [0.05, 0.1) is 4.90 Å². The van der Waals surface area contributed by atoms with Gasteiger partial charge in [-0.25, -0.2) is 13.1 Å². The minimum absolute atomic E-state index is 0.282. The summed E-state index contributed by atoms with van der Waals surface area (Å²) in [6, 6.07) is 7.12. The van der Waals surface area contributed by atoms with Crippen LogP contribution in [0.5, 0.6) is 0 Å². The van der Waals surface area contributed by atoms with Crippen molar-refractivity contribution in [2.75, 3.05) is 12.4 Å². The molecule has 1 atom stereocenters. The molecule has 0 bridgehead atoms. The van der Waals surface area contributed by atoms with Gasteiger partial charge >= 0.3 is 0 Å². The van der Waals surface area contributed by atoms with E-state index in [2.05, 4.69) is 23.9 Å². The molecule has 0 aliphatic heterocycles. The molecule has 0 saturated carbocycles. The van der Waals surface area contributed by atoms with Gasteiger partial charge in [-0.3, -0.25) is 0 Å². The Kier molecular flexibility index (Phi) is 4.32. The van der Waals surface area contributed by atoms with Crippen molar-refractivity contribution >= 4 is 15.7 Å². The number of nitrogens with one attached hydrogen (secondary N) is 2. The van der Waals surface area contributed by atoms with E-state index in [0.717, 1.165) is 12.1 Å². The molecule has 4 nitrogen and oxygen atoms in total. The van der Waals surface area contributed by atoms with Crippen LogP contribution < -0.4 is 10.0 Å². The number of sulfonamides is 1. The van der Waals surface area contributed by atoms with Crippen LogP contribution in [-0.4, -0.2) is 21.5 Å². The molecule has 0 radical (unpaired) electrons. The molecule has 0 fully saturated rings. The second-order valence-electron chi connectivity index (χ2n) is 3.69. The van der Waals surface area contributed by atoms with Crippen molar-refractivity contribution in [3.8, 4) is 0 Å². The van der Waals surface area contributed by atoms with E-state index in [-0.39, 0.29) is 4.90 Å². The fraction of sp³-hybridized carbons (Fsp3) is 0.455. The number of hydrogen-bond acceptors (Lipinski definition) is 3. The Bertz CT molecular complexity index is 426. The molecular weight excluding hydrogens is 224 g/mol. The SMILES string of the molecule is CCC(C)Nc1ccc(S(=O)(=O)NC)cc1. The third-order valence-electron chi connectivity index (χ3n) is 2.46. The first-order valence-electron chi connectivity index (χ1n) is 5.29. The van der Waals surface area contributed by atoms with Gasteiger partial charge in [-0.15, -0.1) is 0 Å². The summed E-state index contributed by atoms with van der Waals surface area (Å²) in [6.07, 6.45) is 1.02. The van der Waals surface area contributed by atoms with Gasteiger partial charge in [-0.05, 0) is 44.7 Å². The molecule has 0 amide bonds. The smallest absolute Gasteiger partial charge is 0.240 e. The average Bonchev–Trinajstić information content (AvgIpc) is 2.29. The third kappa shape index (κ3) is 3.21. The molecule has 0 spiro atoms. The first kappa shape index (κ1) is 13.0. The zero-order chi connectivity index (χ0) is 12.2. The van der Waals surface area contributed by atoms with Crippen LogP contribution in [0, 0.1) is 0 Å². The highest BCUT2D eigenvalue weighted by Gasteiger charge is 2.10. The Morgan fingerprint density at radius 3 is 2.25 bits per heavy atom. The van der Waals surface area contributed by atoms with Crippen LogP contribution in [0.15, 0.2) is 29.2 Å². The van der Waals surface area contributed by atoms with Gasteiger partial charge in [0.1, 0.15) is 0 Å². The van der Waals surface area contributed by atoms with Crippen LogP contribution in [0.25, 0.3) is 0 Å². The van der Waals surface area contributed by atoms with Crippen molar-refractivity contribution in [2.24, 2.45) is 0 Å². The lowest BCUT2D eigenvalue weighted by Gasteiger charge is -2.13. The predicted octanol–water partition coefficient (Wildman–Crippen LogP) is 1.81. The molecule has 2 N–H and O–H groups in total. The Labute approximate surface area is 97.1 Å². The molecule has 1 aromatic carbocycles. The number of hydrogen-bond donors (Lipinski definition) is 2. The van der Waals surface area contributed by atoms with Gasteiger partial charge < -0.3 is 5.32 Å². The van der Waals surface area contributed by atoms with Gasteiger partial charge in [0.2, 0.25) is 10.0 Å². The lowest BCUT2D eigenvalue weighted by Crippen LogP contribution is -2.18. The normalized spacial score (nSPS) is 13.4. The molecule has 1 aromatic rings. The predicted molar refractivity (Wildman–Crippen MR) is 66.1 cm³/mol. The lowest BCUT2D eigenvalue weighted by atomic mass is 10.2. The molecule has 0 aliphatic rings. The van der Waals surface area contributed by atoms with Crippen molar-refractivity contribution < 1.29 is 8.42 Å². The molecule has 0 aliphatic carbocycles. The Hall–Kier alpha value is -1.07. The van der Waals surface area contributed by atoms with Crippen molar-refractivity contribution in [3.63, 3.8) is 0 Å². The van der Waals surface area contributed by atoms with Gasteiger partial charge in [0, 0.05) is 11.7 Å². The molecule has 90 valence electrons. The van der Waals surface area contributed by atoms with Gasteiger partial charge in [0.15, 0.2) is 0 Å². The fourth-order valence-electron chi connectivity index (χ4n) is 1.23. The lowest BCUT2D eigenvalue weighted by molar-refractivity contribution is 0.588.